The summed E-state index contributed by atoms with van der Waals surface area (Å²) in [6, 6.07) is 0.505. The van der Waals surface area contributed by atoms with Gasteiger partial charge in [0, 0.05) is 6.04 Å². The third-order valence-electron chi connectivity index (χ3n) is 4.07. The van der Waals surface area contributed by atoms with Gasteiger partial charge in [-0.25, -0.2) is 0 Å². The van der Waals surface area contributed by atoms with Crippen LogP contribution in [0, 0.1) is 5.92 Å². The highest BCUT2D eigenvalue weighted by Gasteiger charge is 2.39. The van der Waals surface area contributed by atoms with Crippen LogP contribution in [0.15, 0.2) is 0 Å². The van der Waals surface area contributed by atoms with E-state index in [9.17, 15) is 4.79 Å². The second kappa shape index (κ2) is 4.74. The maximum atomic E-state index is 11.6. The molecular weight excluding hydrogens is 200 g/mol. The van der Waals surface area contributed by atoms with E-state index in [1.54, 1.807) is 0 Å². The summed E-state index contributed by atoms with van der Waals surface area (Å²) in [7, 11) is 0. The molecule has 3 heteroatoms. The van der Waals surface area contributed by atoms with Gasteiger partial charge in [-0.1, -0.05) is 32.1 Å². The van der Waals surface area contributed by atoms with Crippen molar-refractivity contribution < 1.29 is 4.79 Å². The van der Waals surface area contributed by atoms with Crippen LogP contribution in [0.3, 0.4) is 0 Å². The molecule has 0 spiro atoms. The van der Waals surface area contributed by atoms with Crippen molar-refractivity contribution in [2.75, 3.05) is 0 Å². The molecule has 0 aromatic carbocycles. The molecule has 2 fully saturated rings. The van der Waals surface area contributed by atoms with Gasteiger partial charge in [0.15, 0.2) is 0 Å². The Morgan fingerprint density at radius 3 is 2.38 bits per heavy atom. The van der Waals surface area contributed by atoms with E-state index < -0.39 is 5.54 Å². The lowest BCUT2D eigenvalue weighted by Gasteiger charge is -2.34. The van der Waals surface area contributed by atoms with Crippen LogP contribution in [0.5, 0.6) is 0 Å². The highest BCUT2D eigenvalue weighted by atomic mass is 16.1. The lowest BCUT2D eigenvalue weighted by atomic mass is 9.88. The number of nitrogens with two attached hydrogens (primary N) is 1. The van der Waals surface area contributed by atoms with Gasteiger partial charge in [-0.15, -0.1) is 0 Å². The molecule has 0 aromatic heterocycles. The van der Waals surface area contributed by atoms with Crippen LogP contribution in [0.1, 0.15) is 58.3 Å². The minimum atomic E-state index is -0.469. The Morgan fingerprint density at radius 1 is 1.25 bits per heavy atom. The van der Waals surface area contributed by atoms with Crippen LogP contribution in [0.25, 0.3) is 0 Å². The highest BCUT2D eigenvalue weighted by Crippen LogP contribution is 2.37. The molecule has 2 aliphatic carbocycles. The Labute approximate surface area is 98.2 Å². The van der Waals surface area contributed by atoms with Crippen LogP contribution in [-0.4, -0.2) is 17.5 Å². The molecule has 0 radical (unpaired) electrons. The zero-order valence-corrected chi connectivity index (χ0v) is 10.3. The SMILES string of the molecule is CC(CC1CC1)(NC1CCCCC1)C(N)=O. The largest absolute Gasteiger partial charge is 0.368 e. The standard InChI is InChI=1S/C13H24N2O/c1-13(12(14)16,9-10-7-8-10)15-11-5-3-2-4-6-11/h10-11,15H,2-9H2,1H3,(H2,14,16). The van der Waals surface area contributed by atoms with Gasteiger partial charge in [0.2, 0.25) is 5.91 Å². The molecule has 2 saturated carbocycles. The predicted molar refractivity (Wildman–Crippen MR) is 64.9 cm³/mol. The monoisotopic (exact) mass is 224 g/mol. The molecule has 1 atom stereocenters. The number of hydrogen-bond acceptors (Lipinski definition) is 2. The Bertz CT molecular complexity index is 257. The summed E-state index contributed by atoms with van der Waals surface area (Å²) < 4.78 is 0. The zero-order valence-electron chi connectivity index (χ0n) is 10.3. The topological polar surface area (TPSA) is 55.1 Å². The first-order chi connectivity index (χ1) is 7.60. The maximum absolute atomic E-state index is 11.6. The molecule has 2 rings (SSSR count). The molecule has 3 nitrogen and oxygen atoms in total. The summed E-state index contributed by atoms with van der Waals surface area (Å²) in [6.07, 6.45) is 9.80. The number of carbonyl (C=O) groups is 1. The fourth-order valence-corrected chi connectivity index (χ4v) is 2.83. The molecule has 3 N–H and O–H groups in total. The van der Waals surface area contributed by atoms with E-state index in [-0.39, 0.29) is 5.91 Å². The Balaban J connectivity index is 1.91. The van der Waals surface area contributed by atoms with Gasteiger partial charge in [0.25, 0.3) is 0 Å². The molecule has 92 valence electrons. The van der Waals surface area contributed by atoms with Crippen molar-refractivity contribution in [3.05, 3.63) is 0 Å². The zero-order chi connectivity index (χ0) is 11.6. The first-order valence-electron chi connectivity index (χ1n) is 6.68. The average Bonchev–Trinajstić information content (AvgIpc) is 3.02. The highest BCUT2D eigenvalue weighted by molar-refractivity contribution is 5.84. The molecule has 0 heterocycles. The molecular formula is C13H24N2O. The van der Waals surface area contributed by atoms with Crippen molar-refractivity contribution in [2.24, 2.45) is 11.7 Å². The lowest BCUT2D eigenvalue weighted by molar-refractivity contribution is -0.124. The van der Waals surface area contributed by atoms with Crippen molar-refractivity contribution in [1.82, 2.24) is 5.32 Å². The van der Waals surface area contributed by atoms with Crippen LogP contribution in [0.4, 0.5) is 0 Å². The van der Waals surface area contributed by atoms with E-state index in [2.05, 4.69) is 5.32 Å². The number of primary amides is 1. The number of carbonyl (C=O) groups excluding carboxylic acids is 1. The van der Waals surface area contributed by atoms with Crippen LogP contribution >= 0.6 is 0 Å². The first kappa shape index (κ1) is 11.9. The van der Waals surface area contributed by atoms with Crippen molar-refractivity contribution in [3.8, 4) is 0 Å². The number of amides is 1. The van der Waals surface area contributed by atoms with Gasteiger partial charge in [-0.05, 0) is 32.1 Å². The molecule has 1 amide bonds. The Hall–Kier alpha value is -0.570. The number of nitrogens with one attached hydrogen (secondary N) is 1. The quantitative estimate of drug-likeness (QED) is 0.750. The Morgan fingerprint density at radius 2 is 1.88 bits per heavy atom. The molecule has 2 aliphatic rings. The number of rotatable bonds is 5. The van der Waals surface area contributed by atoms with Crippen LogP contribution < -0.4 is 11.1 Å². The van der Waals surface area contributed by atoms with Crippen molar-refractivity contribution in [1.29, 1.82) is 0 Å². The number of hydrogen-bond donors (Lipinski definition) is 2. The second-order valence-electron chi connectivity index (χ2n) is 5.82. The van der Waals surface area contributed by atoms with Crippen LogP contribution in [-0.2, 0) is 4.79 Å². The predicted octanol–water partition coefficient (Wildman–Crippen LogP) is 1.95. The van der Waals surface area contributed by atoms with Gasteiger partial charge in [0.05, 0.1) is 5.54 Å². The van der Waals surface area contributed by atoms with E-state index in [0.29, 0.717) is 6.04 Å². The summed E-state index contributed by atoms with van der Waals surface area (Å²) in [6.45, 7) is 1.99. The van der Waals surface area contributed by atoms with Crippen molar-refractivity contribution in [2.45, 2.75) is 69.9 Å². The van der Waals surface area contributed by atoms with E-state index in [4.69, 9.17) is 5.73 Å². The fourth-order valence-electron chi connectivity index (χ4n) is 2.83. The normalized spacial score (nSPS) is 26.3. The van der Waals surface area contributed by atoms with Gasteiger partial charge >= 0.3 is 0 Å². The summed E-state index contributed by atoms with van der Waals surface area (Å²) in [5.74, 6) is 0.554. The van der Waals surface area contributed by atoms with E-state index >= 15 is 0 Å². The van der Waals surface area contributed by atoms with Crippen LogP contribution in [0.2, 0.25) is 0 Å². The third kappa shape index (κ3) is 2.97. The molecule has 0 saturated heterocycles. The van der Waals surface area contributed by atoms with Gasteiger partial charge in [-0.3, -0.25) is 4.79 Å². The smallest absolute Gasteiger partial charge is 0.237 e. The summed E-state index contributed by atoms with van der Waals surface area (Å²) in [4.78, 5) is 11.6. The summed E-state index contributed by atoms with van der Waals surface area (Å²) in [5, 5.41) is 3.53. The van der Waals surface area contributed by atoms with E-state index in [0.717, 1.165) is 12.3 Å². The third-order valence-corrected chi connectivity index (χ3v) is 4.07. The summed E-state index contributed by atoms with van der Waals surface area (Å²) in [5.41, 5.74) is 5.09. The van der Waals surface area contributed by atoms with E-state index in [1.165, 1.54) is 44.9 Å². The van der Waals surface area contributed by atoms with Gasteiger partial charge < -0.3 is 11.1 Å². The minimum absolute atomic E-state index is 0.176. The lowest BCUT2D eigenvalue weighted by Crippen LogP contribution is -2.57. The van der Waals surface area contributed by atoms with Crippen molar-refractivity contribution >= 4 is 5.91 Å². The van der Waals surface area contributed by atoms with Gasteiger partial charge in [0.1, 0.15) is 0 Å². The first-order valence-corrected chi connectivity index (χ1v) is 6.68. The molecule has 0 aromatic rings. The summed E-state index contributed by atoms with van der Waals surface area (Å²) >= 11 is 0. The van der Waals surface area contributed by atoms with Crippen molar-refractivity contribution in [3.63, 3.8) is 0 Å². The maximum Gasteiger partial charge on any atom is 0.237 e. The van der Waals surface area contributed by atoms with E-state index in [1.807, 2.05) is 6.92 Å². The molecule has 1 unspecified atom stereocenters. The molecule has 0 bridgehead atoms. The minimum Gasteiger partial charge on any atom is -0.368 e. The fraction of sp³-hybridized carbons (Fsp3) is 0.923. The second-order valence-corrected chi connectivity index (χ2v) is 5.82. The Kier molecular flexibility index (Phi) is 3.53. The average molecular weight is 224 g/mol. The molecule has 16 heavy (non-hydrogen) atoms. The van der Waals surface area contributed by atoms with Gasteiger partial charge in [-0.2, -0.15) is 0 Å². The molecule has 0 aliphatic heterocycles.